The highest BCUT2D eigenvalue weighted by molar-refractivity contribution is 5.97. The van der Waals surface area contributed by atoms with E-state index in [2.05, 4.69) is 27.5 Å². The minimum atomic E-state index is -0.0411. The number of piperidine rings is 1. The maximum Gasteiger partial charge on any atom is 0.251 e. The molecule has 6 heteroatoms. The van der Waals surface area contributed by atoms with Crippen LogP contribution in [0.15, 0.2) is 30.6 Å². The van der Waals surface area contributed by atoms with Gasteiger partial charge in [-0.2, -0.15) is 0 Å². The SMILES string of the molecule is CC(NC(=O)c1ccc2nccnc2c1)C1CCCNC1.Cl. The van der Waals surface area contributed by atoms with E-state index in [1.807, 2.05) is 6.07 Å². The summed E-state index contributed by atoms with van der Waals surface area (Å²) in [6, 6.07) is 5.61. The van der Waals surface area contributed by atoms with Crippen molar-refractivity contribution in [1.82, 2.24) is 20.6 Å². The Morgan fingerprint density at radius 3 is 2.82 bits per heavy atom. The summed E-state index contributed by atoms with van der Waals surface area (Å²) in [7, 11) is 0. The molecular weight excluding hydrogens is 300 g/mol. The van der Waals surface area contributed by atoms with E-state index in [4.69, 9.17) is 0 Å². The number of fused-ring (bicyclic) bond motifs is 1. The zero-order valence-corrected chi connectivity index (χ0v) is 13.4. The van der Waals surface area contributed by atoms with Crippen LogP contribution >= 0.6 is 12.4 Å². The molecule has 0 radical (unpaired) electrons. The standard InChI is InChI=1S/C16H20N4O.ClH/c1-11(13-3-2-6-17-10-13)20-16(21)12-4-5-14-15(9-12)19-8-7-18-14;/h4-5,7-9,11,13,17H,2-3,6,10H2,1H3,(H,20,21);1H. The van der Waals surface area contributed by atoms with Crippen LogP contribution in [0.3, 0.4) is 0 Å². The number of nitrogens with zero attached hydrogens (tertiary/aromatic N) is 2. The quantitative estimate of drug-likeness (QED) is 0.909. The summed E-state index contributed by atoms with van der Waals surface area (Å²) in [4.78, 5) is 20.8. The molecule has 2 atom stereocenters. The molecule has 3 rings (SSSR count). The van der Waals surface area contributed by atoms with Crippen molar-refractivity contribution in [2.75, 3.05) is 13.1 Å². The lowest BCUT2D eigenvalue weighted by Gasteiger charge is -2.28. The Bertz CT molecular complexity index is 643. The normalized spacial score (nSPS) is 19.2. The molecule has 1 aromatic heterocycles. The van der Waals surface area contributed by atoms with Gasteiger partial charge in [-0.1, -0.05) is 0 Å². The zero-order chi connectivity index (χ0) is 14.7. The topological polar surface area (TPSA) is 66.9 Å². The van der Waals surface area contributed by atoms with Crippen LogP contribution in [0, 0.1) is 5.92 Å². The summed E-state index contributed by atoms with van der Waals surface area (Å²) < 4.78 is 0. The maximum absolute atomic E-state index is 12.4. The molecule has 0 spiro atoms. The van der Waals surface area contributed by atoms with Crippen molar-refractivity contribution in [3.8, 4) is 0 Å². The first-order chi connectivity index (χ1) is 10.2. The average Bonchev–Trinajstić information content (AvgIpc) is 2.55. The molecule has 5 nitrogen and oxygen atoms in total. The number of carbonyl (C=O) groups excluding carboxylic acids is 1. The average molecular weight is 321 g/mol. The van der Waals surface area contributed by atoms with Crippen LogP contribution in [0.1, 0.15) is 30.1 Å². The summed E-state index contributed by atoms with van der Waals surface area (Å²) in [6.45, 7) is 4.14. The molecule has 2 unspecified atom stereocenters. The van der Waals surface area contributed by atoms with Gasteiger partial charge >= 0.3 is 0 Å². The molecule has 2 heterocycles. The first kappa shape index (κ1) is 16.6. The highest BCUT2D eigenvalue weighted by atomic mass is 35.5. The maximum atomic E-state index is 12.4. The summed E-state index contributed by atoms with van der Waals surface area (Å²) in [5.41, 5.74) is 2.19. The molecule has 1 aromatic carbocycles. The number of amides is 1. The Morgan fingerprint density at radius 1 is 1.32 bits per heavy atom. The van der Waals surface area contributed by atoms with Crippen molar-refractivity contribution >= 4 is 29.3 Å². The molecule has 1 fully saturated rings. The van der Waals surface area contributed by atoms with Gasteiger partial charge in [0.05, 0.1) is 11.0 Å². The predicted octanol–water partition coefficient (Wildman–Crippen LogP) is 2.17. The summed E-state index contributed by atoms with van der Waals surface area (Å²) in [5, 5.41) is 6.49. The number of benzene rings is 1. The van der Waals surface area contributed by atoms with E-state index in [9.17, 15) is 4.79 Å². The van der Waals surface area contributed by atoms with Gasteiger partial charge < -0.3 is 10.6 Å². The fraction of sp³-hybridized carbons (Fsp3) is 0.438. The highest BCUT2D eigenvalue weighted by Gasteiger charge is 2.21. The highest BCUT2D eigenvalue weighted by Crippen LogP contribution is 2.15. The molecule has 1 aliphatic heterocycles. The van der Waals surface area contributed by atoms with E-state index in [1.165, 1.54) is 6.42 Å². The number of halogens is 1. The molecule has 22 heavy (non-hydrogen) atoms. The minimum absolute atomic E-state index is 0. The molecule has 1 amide bonds. The van der Waals surface area contributed by atoms with Crippen LogP contribution in [-0.4, -0.2) is 35.0 Å². The Labute approximate surface area is 136 Å². The third-order valence-corrected chi connectivity index (χ3v) is 4.13. The second-order valence-corrected chi connectivity index (χ2v) is 5.63. The van der Waals surface area contributed by atoms with Crippen LogP contribution in [-0.2, 0) is 0 Å². The lowest BCUT2D eigenvalue weighted by Crippen LogP contribution is -2.44. The van der Waals surface area contributed by atoms with Crippen molar-refractivity contribution in [3.05, 3.63) is 36.2 Å². The fourth-order valence-electron chi connectivity index (χ4n) is 2.82. The number of nitrogens with one attached hydrogen (secondary N) is 2. The molecule has 118 valence electrons. The third kappa shape index (κ3) is 3.72. The van der Waals surface area contributed by atoms with E-state index < -0.39 is 0 Å². The van der Waals surface area contributed by atoms with Crippen LogP contribution in [0.4, 0.5) is 0 Å². The van der Waals surface area contributed by atoms with Crippen molar-refractivity contribution in [2.45, 2.75) is 25.8 Å². The number of hydrogen-bond acceptors (Lipinski definition) is 4. The van der Waals surface area contributed by atoms with E-state index in [-0.39, 0.29) is 24.4 Å². The number of hydrogen-bond donors (Lipinski definition) is 2. The van der Waals surface area contributed by atoms with Gasteiger partial charge in [0.2, 0.25) is 0 Å². The second kappa shape index (κ2) is 7.51. The van der Waals surface area contributed by atoms with Gasteiger partial charge in [-0.05, 0) is 57.0 Å². The number of rotatable bonds is 3. The fourth-order valence-corrected chi connectivity index (χ4v) is 2.82. The Morgan fingerprint density at radius 2 is 2.09 bits per heavy atom. The predicted molar refractivity (Wildman–Crippen MR) is 89.3 cm³/mol. The summed E-state index contributed by atoms with van der Waals surface area (Å²) in [5.74, 6) is 0.462. The van der Waals surface area contributed by atoms with Crippen molar-refractivity contribution in [2.24, 2.45) is 5.92 Å². The van der Waals surface area contributed by atoms with Gasteiger partial charge in [-0.25, -0.2) is 0 Å². The van der Waals surface area contributed by atoms with E-state index >= 15 is 0 Å². The van der Waals surface area contributed by atoms with Crippen molar-refractivity contribution in [1.29, 1.82) is 0 Å². The molecular formula is C16H21ClN4O. The van der Waals surface area contributed by atoms with Gasteiger partial charge in [-0.15, -0.1) is 12.4 Å². The summed E-state index contributed by atoms with van der Waals surface area (Å²) >= 11 is 0. The van der Waals surface area contributed by atoms with Gasteiger partial charge in [0.1, 0.15) is 0 Å². The molecule has 0 saturated carbocycles. The van der Waals surface area contributed by atoms with Crippen LogP contribution in [0.25, 0.3) is 11.0 Å². The van der Waals surface area contributed by atoms with Crippen LogP contribution < -0.4 is 10.6 Å². The van der Waals surface area contributed by atoms with E-state index in [1.54, 1.807) is 24.5 Å². The summed E-state index contributed by atoms with van der Waals surface area (Å²) in [6.07, 6.45) is 5.63. The molecule has 1 saturated heterocycles. The van der Waals surface area contributed by atoms with Gasteiger partial charge in [0, 0.05) is 24.0 Å². The Hall–Kier alpha value is -1.72. The first-order valence-electron chi connectivity index (χ1n) is 7.46. The third-order valence-electron chi connectivity index (χ3n) is 4.13. The lowest BCUT2D eigenvalue weighted by molar-refractivity contribution is 0.0922. The van der Waals surface area contributed by atoms with Crippen molar-refractivity contribution < 1.29 is 4.79 Å². The molecule has 1 aliphatic rings. The Kier molecular flexibility index (Phi) is 5.69. The van der Waals surface area contributed by atoms with E-state index in [0.29, 0.717) is 11.5 Å². The zero-order valence-electron chi connectivity index (χ0n) is 12.6. The van der Waals surface area contributed by atoms with E-state index in [0.717, 1.165) is 30.5 Å². The first-order valence-corrected chi connectivity index (χ1v) is 7.46. The Balaban J connectivity index is 0.00000176. The number of carbonyl (C=O) groups is 1. The smallest absolute Gasteiger partial charge is 0.251 e. The second-order valence-electron chi connectivity index (χ2n) is 5.63. The molecule has 2 N–H and O–H groups in total. The molecule has 0 aliphatic carbocycles. The molecule has 0 bridgehead atoms. The number of aromatic nitrogens is 2. The van der Waals surface area contributed by atoms with Gasteiger partial charge in [0.25, 0.3) is 5.91 Å². The van der Waals surface area contributed by atoms with Crippen LogP contribution in [0.2, 0.25) is 0 Å². The largest absolute Gasteiger partial charge is 0.349 e. The minimum Gasteiger partial charge on any atom is -0.349 e. The van der Waals surface area contributed by atoms with Gasteiger partial charge in [-0.3, -0.25) is 14.8 Å². The monoisotopic (exact) mass is 320 g/mol. The van der Waals surface area contributed by atoms with Crippen LogP contribution in [0.5, 0.6) is 0 Å². The molecule has 2 aromatic rings. The lowest BCUT2D eigenvalue weighted by atomic mass is 9.92. The van der Waals surface area contributed by atoms with Crippen molar-refractivity contribution in [3.63, 3.8) is 0 Å². The van der Waals surface area contributed by atoms with Gasteiger partial charge in [0.15, 0.2) is 0 Å².